The van der Waals surface area contributed by atoms with Crippen molar-refractivity contribution in [1.29, 1.82) is 0 Å². The van der Waals surface area contributed by atoms with Crippen molar-refractivity contribution in [3.8, 4) is 0 Å². The van der Waals surface area contributed by atoms with E-state index in [1.165, 1.54) is 0 Å². The van der Waals surface area contributed by atoms with Gasteiger partial charge in [0.05, 0.1) is 0 Å². The lowest BCUT2D eigenvalue weighted by molar-refractivity contribution is -0.136. The van der Waals surface area contributed by atoms with Gasteiger partial charge in [-0.05, 0) is 31.0 Å². The maximum atomic E-state index is 13.0. The number of carbonyl (C=O) groups is 2. The van der Waals surface area contributed by atoms with E-state index >= 15 is 0 Å². The van der Waals surface area contributed by atoms with Gasteiger partial charge in [0.25, 0.3) is 5.91 Å². The van der Waals surface area contributed by atoms with Crippen molar-refractivity contribution in [3.63, 3.8) is 0 Å². The van der Waals surface area contributed by atoms with E-state index in [1.807, 2.05) is 65.6 Å². The number of nitrogens with zero attached hydrogens (tertiary/aromatic N) is 2. The summed E-state index contributed by atoms with van der Waals surface area (Å²) in [5.74, 6) is -0.0869. The Hall–Kier alpha value is -2.66. The Kier molecular flexibility index (Phi) is 5.38. The molecule has 1 atom stereocenters. The number of amides is 2. The van der Waals surface area contributed by atoms with E-state index in [-0.39, 0.29) is 11.8 Å². The average Bonchev–Trinajstić information content (AvgIpc) is 2.94. The van der Waals surface area contributed by atoms with Crippen LogP contribution in [0, 0.1) is 0 Å². The van der Waals surface area contributed by atoms with E-state index in [2.05, 4.69) is 0 Å². The molecule has 0 aliphatic carbocycles. The molecule has 0 saturated carbocycles. The van der Waals surface area contributed by atoms with E-state index < -0.39 is 5.54 Å². The summed E-state index contributed by atoms with van der Waals surface area (Å²) >= 11 is 0. The van der Waals surface area contributed by atoms with Crippen LogP contribution >= 0.6 is 0 Å². The van der Waals surface area contributed by atoms with Gasteiger partial charge in [-0.3, -0.25) is 9.59 Å². The number of rotatable bonds is 3. The van der Waals surface area contributed by atoms with Crippen LogP contribution in [0.5, 0.6) is 0 Å². The molecule has 0 spiro atoms. The third-order valence-electron chi connectivity index (χ3n) is 4.91. The lowest BCUT2D eigenvalue weighted by Crippen LogP contribution is -2.51. The van der Waals surface area contributed by atoms with Gasteiger partial charge in [0.2, 0.25) is 5.91 Å². The zero-order chi connectivity index (χ0) is 18.6. The van der Waals surface area contributed by atoms with Crippen LogP contribution in [0.1, 0.15) is 29.3 Å². The summed E-state index contributed by atoms with van der Waals surface area (Å²) < 4.78 is 0. The Morgan fingerprint density at radius 3 is 2.04 bits per heavy atom. The Morgan fingerprint density at radius 1 is 0.846 bits per heavy atom. The molecule has 0 aromatic heterocycles. The maximum Gasteiger partial charge on any atom is 0.253 e. The fourth-order valence-corrected chi connectivity index (χ4v) is 3.32. The van der Waals surface area contributed by atoms with Gasteiger partial charge in [-0.2, -0.15) is 0 Å². The van der Waals surface area contributed by atoms with Crippen molar-refractivity contribution in [1.82, 2.24) is 9.80 Å². The second-order valence-electron chi connectivity index (χ2n) is 6.87. The molecule has 5 nitrogen and oxygen atoms in total. The first-order valence-electron chi connectivity index (χ1n) is 8.98. The van der Waals surface area contributed by atoms with Crippen LogP contribution in [-0.4, -0.2) is 47.8 Å². The second-order valence-corrected chi connectivity index (χ2v) is 6.87. The van der Waals surface area contributed by atoms with Gasteiger partial charge in [-0.25, -0.2) is 0 Å². The summed E-state index contributed by atoms with van der Waals surface area (Å²) in [6.07, 6.45) is 0.745. The fraction of sp³-hybridized carbons (Fsp3) is 0.333. The number of carbonyl (C=O) groups excluding carboxylic acids is 2. The Labute approximate surface area is 154 Å². The molecule has 26 heavy (non-hydrogen) atoms. The highest BCUT2D eigenvalue weighted by Gasteiger charge is 2.35. The molecule has 1 aliphatic heterocycles. The molecule has 0 radical (unpaired) electrons. The quantitative estimate of drug-likeness (QED) is 0.922. The predicted octanol–water partition coefficient (Wildman–Crippen LogP) is 2.24. The van der Waals surface area contributed by atoms with E-state index in [9.17, 15) is 9.59 Å². The zero-order valence-corrected chi connectivity index (χ0v) is 15.1. The van der Waals surface area contributed by atoms with Gasteiger partial charge in [0.15, 0.2) is 0 Å². The largest absolute Gasteiger partial charge is 0.339 e. The third kappa shape index (κ3) is 3.78. The predicted molar refractivity (Wildman–Crippen MR) is 102 cm³/mol. The van der Waals surface area contributed by atoms with E-state index in [0.29, 0.717) is 31.7 Å². The molecular formula is C21H25N3O2. The smallest absolute Gasteiger partial charge is 0.253 e. The number of hydrogen-bond acceptors (Lipinski definition) is 3. The van der Waals surface area contributed by atoms with Crippen LogP contribution in [0.2, 0.25) is 0 Å². The average molecular weight is 351 g/mol. The van der Waals surface area contributed by atoms with Crippen LogP contribution in [0.4, 0.5) is 0 Å². The molecule has 136 valence electrons. The fourth-order valence-electron chi connectivity index (χ4n) is 3.32. The van der Waals surface area contributed by atoms with Crippen LogP contribution in [-0.2, 0) is 10.3 Å². The Bertz CT molecular complexity index is 759. The monoisotopic (exact) mass is 351 g/mol. The SMILES string of the molecule is CC(N)(C(=O)N1CCCN(C(=O)c2ccccc2)CC1)c1ccccc1. The minimum atomic E-state index is -1.07. The normalized spacial score (nSPS) is 17.3. The van der Waals surface area contributed by atoms with E-state index in [0.717, 1.165) is 12.0 Å². The topological polar surface area (TPSA) is 66.6 Å². The summed E-state index contributed by atoms with van der Waals surface area (Å²) in [6, 6.07) is 18.7. The van der Waals surface area contributed by atoms with Crippen LogP contribution in [0.25, 0.3) is 0 Å². The van der Waals surface area contributed by atoms with Crippen molar-refractivity contribution < 1.29 is 9.59 Å². The minimum absolute atomic E-state index is 0.0125. The van der Waals surface area contributed by atoms with Gasteiger partial charge in [-0.1, -0.05) is 48.5 Å². The summed E-state index contributed by atoms with van der Waals surface area (Å²) in [5, 5.41) is 0. The number of hydrogen-bond donors (Lipinski definition) is 1. The van der Waals surface area contributed by atoms with Crippen LogP contribution in [0.15, 0.2) is 60.7 Å². The summed E-state index contributed by atoms with van der Waals surface area (Å²) in [7, 11) is 0. The van der Waals surface area contributed by atoms with Crippen molar-refractivity contribution in [3.05, 3.63) is 71.8 Å². The molecule has 1 heterocycles. The van der Waals surface area contributed by atoms with Crippen molar-refractivity contribution in [2.24, 2.45) is 5.73 Å². The molecule has 1 fully saturated rings. The highest BCUT2D eigenvalue weighted by atomic mass is 16.2. The molecular weight excluding hydrogens is 326 g/mol. The first-order chi connectivity index (χ1) is 12.5. The van der Waals surface area contributed by atoms with Crippen molar-refractivity contribution in [2.75, 3.05) is 26.2 Å². The molecule has 2 amide bonds. The summed E-state index contributed by atoms with van der Waals surface area (Å²) in [6.45, 7) is 4.02. The third-order valence-corrected chi connectivity index (χ3v) is 4.91. The van der Waals surface area contributed by atoms with E-state index in [4.69, 9.17) is 5.73 Å². The Morgan fingerprint density at radius 2 is 1.38 bits per heavy atom. The lowest BCUT2D eigenvalue weighted by atomic mass is 9.91. The van der Waals surface area contributed by atoms with Crippen molar-refractivity contribution in [2.45, 2.75) is 18.9 Å². The second kappa shape index (κ2) is 7.70. The van der Waals surface area contributed by atoms with Gasteiger partial charge >= 0.3 is 0 Å². The molecule has 0 bridgehead atoms. The zero-order valence-electron chi connectivity index (χ0n) is 15.1. The van der Waals surface area contributed by atoms with E-state index in [1.54, 1.807) is 11.8 Å². The maximum absolute atomic E-state index is 13.0. The number of nitrogens with two attached hydrogens (primary N) is 1. The van der Waals surface area contributed by atoms with Crippen molar-refractivity contribution >= 4 is 11.8 Å². The highest BCUT2D eigenvalue weighted by molar-refractivity contribution is 5.94. The summed E-state index contributed by atoms with van der Waals surface area (Å²) in [5.41, 5.74) is 6.79. The standard InChI is InChI=1S/C21H25N3O2/c1-21(22,18-11-6-3-7-12-18)20(26)24-14-8-13-23(15-16-24)19(25)17-9-4-2-5-10-17/h2-7,9-12H,8,13-16,22H2,1H3. The van der Waals surface area contributed by atoms with Gasteiger partial charge in [0.1, 0.15) is 5.54 Å². The molecule has 1 saturated heterocycles. The minimum Gasteiger partial charge on any atom is -0.339 e. The molecule has 1 aliphatic rings. The first kappa shape index (κ1) is 18.1. The summed E-state index contributed by atoms with van der Waals surface area (Å²) in [4.78, 5) is 29.3. The van der Waals surface area contributed by atoms with Gasteiger partial charge in [0, 0.05) is 31.7 Å². The first-order valence-corrected chi connectivity index (χ1v) is 8.98. The van der Waals surface area contributed by atoms with Gasteiger partial charge in [-0.15, -0.1) is 0 Å². The lowest BCUT2D eigenvalue weighted by Gasteiger charge is -2.31. The molecule has 3 rings (SSSR count). The molecule has 2 aromatic carbocycles. The molecule has 5 heteroatoms. The Balaban J connectivity index is 1.68. The molecule has 1 unspecified atom stereocenters. The van der Waals surface area contributed by atoms with Gasteiger partial charge < -0.3 is 15.5 Å². The van der Waals surface area contributed by atoms with Crippen LogP contribution < -0.4 is 5.73 Å². The highest BCUT2D eigenvalue weighted by Crippen LogP contribution is 2.21. The molecule has 2 N–H and O–H groups in total. The number of benzene rings is 2. The van der Waals surface area contributed by atoms with Crippen LogP contribution in [0.3, 0.4) is 0 Å². The molecule has 2 aromatic rings.